The second-order valence-corrected chi connectivity index (χ2v) is 8.79. The number of carbonyl (C=O) groups is 3. The number of nitrogens with zero attached hydrogens (tertiary/aromatic N) is 2. The monoisotopic (exact) mass is 482 g/mol. The molecule has 2 aromatic carbocycles. The lowest BCUT2D eigenvalue weighted by atomic mass is 9.99. The van der Waals surface area contributed by atoms with Gasteiger partial charge in [-0.2, -0.15) is 0 Å². The molecule has 0 aromatic heterocycles. The summed E-state index contributed by atoms with van der Waals surface area (Å²) in [5.41, 5.74) is 7.75. The number of amides is 3. The van der Waals surface area contributed by atoms with Gasteiger partial charge in [-0.05, 0) is 50.7 Å². The zero-order chi connectivity index (χ0) is 26.0. The third kappa shape index (κ3) is 8.29. The average Bonchev–Trinajstić information content (AvgIpc) is 2.81. The molecule has 3 N–H and O–H groups in total. The van der Waals surface area contributed by atoms with Crippen LogP contribution in [0.15, 0.2) is 54.6 Å². The predicted molar refractivity (Wildman–Crippen MR) is 133 cm³/mol. The second kappa shape index (κ2) is 13.3. The lowest BCUT2D eigenvalue weighted by molar-refractivity contribution is -0.384. The molecule has 2 rings (SSSR count). The van der Waals surface area contributed by atoms with Gasteiger partial charge in [0.1, 0.15) is 6.04 Å². The minimum Gasteiger partial charge on any atom is -0.352 e. The highest BCUT2D eigenvalue weighted by molar-refractivity contribution is 6.02. The first-order chi connectivity index (χ1) is 16.6. The van der Waals surface area contributed by atoms with Gasteiger partial charge in [0.05, 0.1) is 11.0 Å². The molecule has 188 valence electrons. The van der Waals surface area contributed by atoms with Crippen molar-refractivity contribution in [3.05, 3.63) is 75.8 Å². The van der Waals surface area contributed by atoms with E-state index in [1.165, 1.54) is 24.3 Å². The number of rotatable bonds is 12. The molecule has 0 aliphatic rings. The Balaban J connectivity index is 2.31. The van der Waals surface area contributed by atoms with Crippen LogP contribution < -0.4 is 11.1 Å². The molecule has 0 fully saturated rings. The lowest BCUT2D eigenvalue weighted by Gasteiger charge is -2.32. The highest BCUT2D eigenvalue weighted by atomic mass is 16.6. The molecular formula is C26H34N4O5. The van der Waals surface area contributed by atoms with E-state index in [2.05, 4.69) is 5.32 Å². The van der Waals surface area contributed by atoms with Crippen LogP contribution in [0.2, 0.25) is 0 Å². The largest absolute Gasteiger partial charge is 0.352 e. The van der Waals surface area contributed by atoms with Crippen molar-refractivity contribution >= 4 is 23.4 Å². The van der Waals surface area contributed by atoms with Crippen LogP contribution in [0, 0.1) is 10.1 Å². The van der Waals surface area contributed by atoms with Gasteiger partial charge in [-0.25, -0.2) is 0 Å². The highest BCUT2D eigenvalue weighted by Crippen LogP contribution is 2.17. The van der Waals surface area contributed by atoms with Gasteiger partial charge < -0.3 is 11.1 Å². The fraction of sp³-hybridized carbons (Fsp3) is 0.423. The summed E-state index contributed by atoms with van der Waals surface area (Å²) in [4.78, 5) is 51.1. The minimum absolute atomic E-state index is 0.0697. The summed E-state index contributed by atoms with van der Waals surface area (Å²) >= 11 is 0. The number of nitro groups is 1. The van der Waals surface area contributed by atoms with Crippen molar-refractivity contribution in [2.75, 3.05) is 0 Å². The molecule has 9 nitrogen and oxygen atoms in total. The third-order valence-electron chi connectivity index (χ3n) is 5.48. The third-order valence-corrected chi connectivity index (χ3v) is 5.48. The highest BCUT2D eigenvalue weighted by Gasteiger charge is 2.36. The molecule has 0 saturated carbocycles. The molecule has 2 atom stereocenters. The topological polar surface area (TPSA) is 136 Å². The predicted octanol–water partition coefficient (Wildman–Crippen LogP) is 3.15. The molecule has 0 aliphatic heterocycles. The Morgan fingerprint density at radius 1 is 1.03 bits per heavy atom. The van der Waals surface area contributed by atoms with Crippen LogP contribution in [0.4, 0.5) is 5.69 Å². The average molecular weight is 483 g/mol. The minimum atomic E-state index is -1.09. The molecule has 1 unspecified atom stereocenters. The summed E-state index contributed by atoms with van der Waals surface area (Å²) in [5.74, 6) is -1.50. The Morgan fingerprint density at radius 2 is 1.66 bits per heavy atom. The number of nitrogens with two attached hydrogens (primary N) is 1. The van der Waals surface area contributed by atoms with Gasteiger partial charge >= 0.3 is 0 Å². The number of carbonyl (C=O) groups excluding carboxylic acids is 3. The van der Waals surface area contributed by atoms with Crippen molar-refractivity contribution < 1.29 is 19.3 Å². The fourth-order valence-corrected chi connectivity index (χ4v) is 3.76. The van der Waals surface area contributed by atoms with Crippen molar-refractivity contribution in [3.8, 4) is 0 Å². The van der Waals surface area contributed by atoms with Crippen LogP contribution in [0.25, 0.3) is 0 Å². The van der Waals surface area contributed by atoms with Crippen LogP contribution in [0.3, 0.4) is 0 Å². The smallest absolute Gasteiger partial charge is 0.269 e. The van der Waals surface area contributed by atoms with Crippen molar-refractivity contribution in [1.82, 2.24) is 10.2 Å². The molecule has 9 heteroatoms. The summed E-state index contributed by atoms with van der Waals surface area (Å²) in [7, 11) is 0. The zero-order valence-electron chi connectivity index (χ0n) is 20.5. The van der Waals surface area contributed by atoms with Crippen molar-refractivity contribution in [2.24, 2.45) is 5.73 Å². The van der Waals surface area contributed by atoms with Gasteiger partial charge in [0, 0.05) is 24.6 Å². The summed E-state index contributed by atoms with van der Waals surface area (Å²) in [6.07, 6.45) is 1.44. The second-order valence-electron chi connectivity index (χ2n) is 8.79. The maximum absolute atomic E-state index is 13.5. The maximum Gasteiger partial charge on any atom is 0.269 e. The molecular weight excluding hydrogens is 448 g/mol. The van der Waals surface area contributed by atoms with E-state index in [9.17, 15) is 24.5 Å². The number of nitro benzene ring substituents is 1. The van der Waals surface area contributed by atoms with Crippen molar-refractivity contribution in [1.29, 1.82) is 0 Å². The van der Waals surface area contributed by atoms with E-state index in [0.717, 1.165) is 10.5 Å². The van der Waals surface area contributed by atoms with Gasteiger partial charge in [-0.1, -0.05) is 49.4 Å². The van der Waals surface area contributed by atoms with E-state index in [1.54, 1.807) is 0 Å². The summed E-state index contributed by atoms with van der Waals surface area (Å²) in [6.45, 7) is 5.45. The first kappa shape index (κ1) is 27.7. The number of benzene rings is 2. The Kier molecular flexibility index (Phi) is 10.5. The van der Waals surface area contributed by atoms with Gasteiger partial charge in [-0.3, -0.25) is 29.4 Å². The molecule has 2 aromatic rings. The number of aryl methyl sites for hydroxylation is 1. The summed E-state index contributed by atoms with van der Waals surface area (Å²) in [6, 6.07) is 13.0. The molecule has 0 spiro atoms. The van der Waals surface area contributed by atoms with Crippen LogP contribution in [0.1, 0.15) is 51.2 Å². The molecule has 0 saturated heterocycles. The number of non-ortho nitro benzene ring substituents is 1. The number of nitrogens with one attached hydrogen (secondary N) is 1. The zero-order valence-corrected chi connectivity index (χ0v) is 20.5. The normalized spacial score (nSPS) is 12.6. The summed E-state index contributed by atoms with van der Waals surface area (Å²) < 4.78 is 0. The SMILES string of the molecule is CCCC(=O)N(C(=O)[C@@H](N)Cc1ccc([N+](=O)[O-])cc1)C(CCc1ccccc1)C(=O)NC(C)C. The van der Waals surface area contributed by atoms with Gasteiger partial charge in [0.15, 0.2) is 0 Å². The Morgan fingerprint density at radius 3 is 2.20 bits per heavy atom. The number of imide groups is 1. The van der Waals surface area contributed by atoms with E-state index in [-0.39, 0.29) is 31.0 Å². The number of hydrogen-bond acceptors (Lipinski definition) is 6. The van der Waals surface area contributed by atoms with Gasteiger partial charge in [0.25, 0.3) is 5.69 Å². The van der Waals surface area contributed by atoms with Crippen LogP contribution in [0.5, 0.6) is 0 Å². The van der Waals surface area contributed by atoms with E-state index >= 15 is 0 Å². The van der Waals surface area contributed by atoms with Crippen molar-refractivity contribution in [2.45, 2.75) is 71.0 Å². The van der Waals surface area contributed by atoms with E-state index < -0.39 is 34.7 Å². The lowest BCUT2D eigenvalue weighted by Crippen LogP contribution is -2.57. The molecule has 3 amide bonds. The van der Waals surface area contributed by atoms with Crippen LogP contribution in [-0.4, -0.2) is 45.7 Å². The maximum atomic E-state index is 13.5. The first-order valence-electron chi connectivity index (χ1n) is 11.8. The van der Waals surface area contributed by atoms with Crippen LogP contribution in [-0.2, 0) is 27.2 Å². The first-order valence-corrected chi connectivity index (χ1v) is 11.8. The Hall–Kier alpha value is -3.59. The molecule has 0 heterocycles. The Labute approximate surface area is 205 Å². The van der Waals surface area contributed by atoms with Gasteiger partial charge in [-0.15, -0.1) is 0 Å². The van der Waals surface area contributed by atoms with E-state index in [0.29, 0.717) is 18.4 Å². The van der Waals surface area contributed by atoms with Crippen molar-refractivity contribution in [3.63, 3.8) is 0 Å². The van der Waals surface area contributed by atoms with E-state index in [4.69, 9.17) is 5.73 Å². The molecule has 0 bridgehead atoms. The van der Waals surface area contributed by atoms with Gasteiger partial charge in [0.2, 0.25) is 17.7 Å². The Bertz CT molecular complexity index is 1010. The molecule has 35 heavy (non-hydrogen) atoms. The van der Waals surface area contributed by atoms with E-state index in [1.807, 2.05) is 51.1 Å². The molecule has 0 aliphatic carbocycles. The standard InChI is InChI=1S/C26H34N4O5/c1-4-8-24(31)29(26(33)22(27)17-20-11-14-21(15-12-20)30(34)35)23(25(32)28-18(2)3)16-13-19-9-6-5-7-10-19/h5-7,9-12,14-15,18,22-23H,4,8,13,16-17,27H2,1-3H3,(H,28,32)/t22-,23?/m0/s1. The van der Waals surface area contributed by atoms with Crippen LogP contribution >= 0.6 is 0 Å². The molecule has 0 radical (unpaired) electrons. The number of hydrogen-bond donors (Lipinski definition) is 2. The quantitative estimate of drug-likeness (QED) is 0.352. The fourth-order valence-electron chi connectivity index (χ4n) is 3.76. The summed E-state index contributed by atoms with van der Waals surface area (Å²) in [5, 5.41) is 13.7.